The molecular weight excluding hydrogens is 872 g/mol. The van der Waals surface area contributed by atoms with Crippen LogP contribution in [0.3, 0.4) is 0 Å². The van der Waals surface area contributed by atoms with E-state index >= 15 is 0 Å². The van der Waals surface area contributed by atoms with Gasteiger partial charge in [0.2, 0.25) is 0 Å². The molecule has 0 nitrogen and oxygen atoms in total. The van der Waals surface area contributed by atoms with Crippen LogP contribution >= 0.6 is 24.8 Å². The molecule has 0 saturated carbocycles. The molecule has 0 aliphatic heterocycles. The van der Waals surface area contributed by atoms with Crippen LogP contribution in [0.2, 0.25) is 0 Å². The zero-order valence-electron chi connectivity index (χ0n) is 35.6. The van der Waals surface area contributed by atoms with Crippen LogP contribution in [-0.2, 0) is 34.2 Å². The van der Waals surface area contributed by atoms with Crippen molar-refractivity contribution in [3.63, 3.8) is 0 Å². The van der Waals surface area contributed by atoms with Crippen molar-refractivity contribution in [3.05, 3.63) is 170 Å². The molecule has 0 unspecified atom stereocenters. The van der Waals surface area contributed by atoms with E-state index in [0.29, 0.717) is 0 Å². The normalized spacial score (nSPS) is 11.2. The average molecular weight is 927 g/mol. The minimum atomic E-state index is -4.07. The monoisotopic (exact) mass is 924 g/mol. The fourth-order valence-corrected chi connectivity index (χ4v) is 7.94. The Kier molecular flexibility index (Phi) is 18.7. The van der Waals surface area contributed by atoms with Gasteiger partial charge in [0.1, 0.15) is 0 Å². The Bertz CT molecular complexity index is 2420. The zero-order valence-corrected chi connectivity index (χ0v) is 40.7. The molecule has 8 aromatic rings. The Morgan fingerprint density at radius 2 is 0.797 bits per heavy atom. The molecule has 8 rings (SSSR count). The van der Waals surface area contributed by atoms with Gasteiger partial charge >= 0.3 is 36.4 Å². The van der Waals surface area contributed by atoms with Gasteiger partial charge in [0.15, 0.2) is 0 Å². The Balaban J connectivity index is 0.000000331. The molecule has 0 aromatic heterocycles. The van der Waals surface area contributed by atoms with Crippen molar-refractivity contribution in [2.24, 2.45) is 0 Å². The number of fused-ring (bicyclic) bond motifs is 4. The number of halogens is 5. The minimum absolute atomic E-state index is 0. The van der Waals surface area contributed by atoms with Crippen LogP contribution in [0.15, 0.2) is 133 Å². The molecular formula is C52H55Cl2F3SiZr-4. The fraction of sp³-hybridized carbons (Fsp3) is 0.231. The predicted molar refractivity (Wildman–Crippen MR) is 255 cm³/mol. The first kappa shape index (κ1) is 51.7. The first-order chi connectivity index (χ1) is 26.5. The number of hydrogen-bond donors (Lipinski definition) is 0. The summed E-state index contributed by atoms with van der Waals surface area (Å²) in [6.07, 6.45) is -5.05. The van der Waals surface area contributed by atoms with Crippen LogP contribution in [0.1, 0.15) is 70.2 Å². The predicted octanol–water partition coefficient (Wildman–Crippen LogP) is 16.7. The quantitative estimate of drug-likeness (QED) is 0.120. The third kappa shape index (κ3) is 11.7. The van der Waals surface area contributed by atoms with Crippen molar-refractivity contribution in [2.45, 2.75) is 78.8 Å². The van der Waals surface area contributed by atoms with Gasteiger partial charge in [-0.1, -0.05) is 170 Å². The maximum absolute atomic E-state index is 10.7. The van der Waals surface area contributed by atoms with Gasteiger partial charge in [-0.3, -0.25) is 0 Å². The van der Waals surface area contributed by atoms with E-state index in [-0.39, 0.29) is 43.1 Å². The van der Waals surface area contributed by atoms with Crippen LogP contribution in [0.4, 0.5) is 13.2 Å². The first-order valence-corrected chi connectivity index (χ1v) is 23.1. The van der Waals surface area contributed by atoms with Gasteiger partial charge in [0.25, 0.3) is 0 Å². The summed E-state index contributed by atoms with van der Waals surface area (Å²) in [5, 5.41) is 10.7. The van der Waals surface area contributed by atoms with E-state index in [1.165, 1.54) is 111 Å². The molecule has 0 amide bonds. The Morgan fingerprint density at radius 1 is 0.508 bits per heavy atom. The van der Waals surface area contributed by atoms with Gasteiger partial charge in [-0.15, -0.1) is 93.9 Å². The topological polar surface area (TPSA) is 0 Å². The second-order valence-electron chi connectivity index (χ2n) is 16.3. The van der Waals surface area contributed by atoms with Gasteiger partial charge in [-0.25, -0.2) is 0 Å². The van der Waals surface area contributed by atoms with Crippen molar-refractivity contribution in [1.82, 2.24) is 0 Å². The fourth-order valence-electron chi connectivity index (χ4n) is 7.94. The Morgan fingerprint density at radius 3 is 1.12 bits per heavy atom. The summed E-state index contributed by atoms with van der Waals surface area (Å²) in [5.41, 5.74) is 11.4. The molecule has 2 radical (unpaired) electrons. The average Bonchev–Trinajstić information content (AvgIpc) is 3.72. The number of benzene rings is 6. The molecule has 0 bridgehead atoms. The molecule has 0 aliphatic rings. The molecule has 8 aromatic carbocycles. The second kappa shape index (κ2) is 21.4. The van der Waals surface area contributed by atoms with E-state index in [1.54, 1.807) is 0 Å². The summed E-state index contributed by atoms with van der Waals surface area (Å²) in [5.74, 6) is 0. The number of alkyl halides is 3. The van der Waals surface area contributed by atoms with Gasteiger partial charge in [0, 0.05) is 0 Å². The summed E-state index contributed by atoms with van der Waals surface area (Å²) < 4.78 is 32.2. The van der Waals surface area contributed by atoms with Gasteiger partial charge in [0.05, 0.1) is 0 Å². The van der Waals surface area contributed by atoms with E-state index in [9.17, 15) is 13.2 Å². The van der Waals surface area contributed by atoms with Gasteiger partial charge in [-0.2, -0.15) is 24.3 Å². The standard InChI is InChI=1S/2C24H23.C3H4F3.CH3.2ClH.Si.Zr/c2*1-16-22(24(2,3)4)15-18-11-8-14-21(23(16)18)20-13-7-10-17-9-5-6-12-19(17)20;1-2-3(4,5)6;;;;;/h2*5-15H,1-4H3;1-2H2;1H3;2*1H;;/q4*-1;;;;. The van der Waals surface area contributed by atoms with E-state index in [2.05, 4.69) is 203 Å². The third-order valence-electron chi connectivity index (χ3n) is 10.4. The SMILES string of the molecule is Cc1c(C(C)(C)C)[cH-]c2cccc(-c3cccc4ccccc34)c12.Cc1c(C(C)(C)C)[cH-]c2cccc(-c3cccc4ccccc34)c12.Cl.Cl.[CH2-]CC(F)(F)F.[CH3-].[Si]=[Zr]. The molecule has 0 spiro atoms. The number of rotatable bonds is 2. The maximum atomic E-state index is 10.7. The van der Waals surface area contributed by atoms with E-state index in [0.717, 1.165) is 0 Å². The Labute approximate surface area is 379 Å². The van der Waals surface area contributed by atoms with E-state index in [4.69, 9.17) is 0 Å². The summed E-state index contributed by atoms with van der Waals surface area (Å²) >= 11 is 1.36. The molecule has 0 N–H and O–H groups in total. The zero-order chi connectivity index (χ0) is 41.0. The summed E-state index contributed by atoms with van der Waals surface area (Å²) in [6, 6.07) is 48.7. The van der Waals surface area contributed by atoms with Crippen LogP contribution in [0.5, 0.6) is 0 Å². The molecule has 0 saturated heterocycles. The molecule has 0 fully saturated rings. The molecule has 59 heavy (non-hydrogen) atoms. The summed E-state index contributed by atoms with van der Waals surface area (Å²) in [7, 11) is 0. The summed E-state index contributed by atoms with van der Waals surface area (Å²) in [6.45, 7) is 24.0. The van der Waals surface area contributed by atoms with Crippen molar-refractivity contribution in [3.8, 4) is 22.3 Å². The molecule has 0 atom stereocenters. The van der Waals surface area contributed by atoms with Crippen molar-refractivity contribution >= 4 is 74.8 Å². The van der Waals surface area contributed by atoms with Crippen molar-refractivity contribution in [1.29, 1.82) is 0 Å². The molecule has 0 heterocycles. The second-order valence-corrected chi connectivity index (χ2v) is 16.3. The molecule has 0 aliphatic carbocycles. The van der Waals surface area contributed by atoms with Crippen LogP contribution in [0, 0.1) is 28.2 Å². The van der Waals surface area contributed by atoms with E-state index in [1.807, 2.05) is 0 Å². The molecule has 7 heteroatoms. The van der Waals surface area contributed by atoms with Gasteiger partial charge in [-0.05, 0) is 43.5 Å². The summed E-state index contributed by atoms with van der Waals surface area (Å²) in [4.78, 5) is 0. The number of hydrogen-bond acceptors (Lipinski definition) is 0. The number of aryl methyl sites for hydroxylation is 2. The van der Waals surface area contributed by atoms with Crippen LogP contribution < -0.4 is 0 Å². The van der Waals surface area contributed by atoms with Crippen molar-refractivity contribution < 1.29 is 36.5 Å². The molecule has 310 valence electrons. The first-order valence-electron chi connectivity index (χ1n) is 19.0. The van der Waals surface area contributed by atoms with Crippen LogP contribution in [-0.4, -0.2) is 13.1 Å². The van der Waals surface area contributed by atoms with Crippen LogP contribution in [0.25, 0.3) is 65.3 Å². The third-order valence-corrected chi connectivity index (χ3v) is 10.4. The van der Waals surface area contributed by atoms with Gasteiger partial charge < -0.3 is 14.4 Å². The van der Waals surface area contributed by atoms with Crippen molar-refractivity contribution in [2.75, 3.05) is 0 Å². The Hall–Kier alpha value is -3.47. The van der Waals surface area contributed by atoms with E-state index < -0.39 is 12.6 Å².